The molecule has 0 amide bonds. The summed E-state index contributed by atoms with van der Waals surface area (Å²) in [6.07, 6.45) is 6.53. The summed E-state index contributed by atoms with van der Waals surface area (Å²) in [5.41, 5.74) is 1.87. The van der Waals surface area contributed by atoms with Crippen LogP contribution in [0.4, 0.5) is 0 Å². The van der Waals surface area contributed by atoms with Crippen molar-refractivity contribution < 1.29 is 19.0 Å². The molecule has 0 unspecified atom stereocenters. The maximum Gasteiger partial charge on any atom is 0.200 e. The van der Waals surface area contributed by atoms with Crippen molar-refractivity contribution in [3.05, 3.63) is 0 Å². The zero-order chi connectivity index (χ0) is 23.1. The molecule has 5 heteroatoms. The van der Waals surface area contributed by atoms with Gasteiger partial charge in [0.25, 0.3) is 0 Å². The first-order valence-electron chi connectivity index (χ1n) is 13.0. The summed E-state index contributed by atoms with van der Waals surface area (Å²) in [5.74, 6) is 0.415. The molecule has 2 saturated carbocycles. The van der Waals surface area contributed by atoms with E-state index in [0.717, 1.165) is 51.9 Å². The lowest BCUT2D eigenvalue weighted by Crippen LogP contribution is -2.62. The Morgan fingerprint density at radius 2 is 1.52 bits per heavy atom. The topological polar surface area (TPSA) is 47.9 Å². The van der Waals surface area contributed by atoms with Crippen molar-refractivity contribution in [3.63, 3.8) is 0 Å². The molecule has 31 heavy (non-hydrogen) atoms. The third-order valence-electron chi connectivity index (χ3n) is 10.1. The van der Waals surface area contributed by atoms with Crippen LogP contribution in [0.15, 0.2) is 0 Å². The van der Waals surface area contributed by atoms with Crippen LogP contribution in [0.1, 0.15) is 93.9 Å². The van der Waals surface area contributed by atoms with Crippen LogP contribution in [-0.2, 0) is 13.9 Å². The molecule has 0 bridgehead atoms. The van der Waals surface area contributed by atoms with Crippen LogP contribution in [0.2, 0.25) is 16.6 Å². The molecule has 0 radical (unpaired) electrons. The van der Waals surface area contributed by atoms with E-state index in [-0.39, 0.29) is 17.4 Å². The monoisotopic (exact) mass is 454 g/mol. The molecule has 0 aromatic carbocycles. The molecule has 1 saturated heterocycles. The molecular formula is C26H50O4Si. The van der Waals surface area contributed by atoms with Crippen LogP contribution in [0.25, 0.3) is 0 Å². The minimum Gasteiger partial charge on any atom is -0.416 e. The highest BCUT2D eigenvalue weighted by molar-refractivity contribution is 6.77. The Morgan fingerprint density at radius 1 is 0.935 bits per heavy atom. The average Bonchev–Trinajstić information content (AvgIpc) is 3.16. The largest absolute Gasteiger partial charge is 0.416 e. The Morgan fingerprint density at radius 3 is 2.03 bits per heavy atom. The normalized spacial score (nSPS) is 36.0. The zero-order valence-electron chi connectivity index (χ0n) is 21.6. The van der Waals surface area contributed by atoms with Gasteiger partial charge < -0.3 is 19.0 Å². The van der Waals surface area contributed by atoms with Crippen LogP contribution in [0.3, 0.4) is 0 Å². The fraction of sp³-hybridized carbons (Fsp3) is 1.00. The van der Waals surface area contributed by atoms with E-state index in [1.165, 1.54) is 6.42 Å². The molecule has 1 aliphatic heterocycles. The van der Waals surface area contributed by atoms with E-state index in [2.05, 4.69) is 55.4 Å². The second-order valence-corrected chi connectivity index (χ2v) is 17.6. The fourth-order valence-corrected chi connectivity index (χ4v) is 13.9. The van der Waals surface area contributed by atoms with E-state index in [1.54, 1.807) is 0 Å². The number of aliphatic hydroxyl groups is 1. The van der Waals surface area contributed by atoms with Crippen molar-refractivity contribution in [1.29, 1.82) is 0 Å². The Hall–Kier alpha value is 0.0569. The third kappa shape index (κ3) is 3.98. The van der Waals surface area contributed by atoms with Gasteiger partial charge in [-0.1, -0.05) is 55.4 Å². The second-order valence-electron chi connectivity index (χ2n) is 12.2. The number of fused-ring (bicyclic) bond motifs is 2. The van der Waals surface area contributed by atoms with Gasteiger partial charge in [0.15, 0.2) is 14.1 Å². The van der Waals surface area contributed by atoms with Crippen molar-refractivity contribution in [1.82, 2.24) is 0 Å². The molecule has 4 atom stereocenters. The van der Waals surface area contributed by atoms with Gasteiger partial charge in [0, 0.05) is 25.0 Å². The number of ether oxygens (including phenoxy) is 2. The first-order chi connectivity index (χ1) is 14.5. The van der Waals surface area contributed by atoms with Crippen molar-refractivity contribution in [2.45, 2.75) is 116 Å². The fourth-order valence-electron chi connectivity index (χ4n) is 8.47. The van der Waals surface area contributed by atoms with Crippen LogP contribution < -0.4 is 0 Å². The van der Waals surface area contributed by atoms with Crippen LogP contribution in [0.5, 0.6) is 0 Å². The smallest absolute Gasteiger partial charge is 0.200 e. The Bertz CT molecular complexity index is 578. The van der Waals surface area contributed by atoms with Gasteiger partial charge >= 0.3 is 0 Å². The van der Waals surface area contributed by atoms with Crippen LogP contribution >= 0.6 is 0 Å². The zero-order valence-corrected chi connectivity index (χ0v) is 22.6. The third-order valence-corrected chi connectivity index (χ3v) is 16.2. The van der Waals surface area contributed by atoms with E-state index in [0.29, 0.717) is 28.5 Å². The Kier molecular flexibility index (Phi) is 7.76. The number of hydrogen-bond acceptors (Lipinski definition) is 4. The highest BCUT2D eigenvalue weighted by Crippen LogP contribution is 2.65. The summed E-state index contributed by atoms with van der Waals surface area (Å²) in [5, 5.41) is 10.4. The summed E-state index contributed by atoms with van der Waals surface area (Å²) >= 11 is 0. The van der Waals surface area contributed by atoms with Gasteiger partial charge in [-0.15, -0.1) is 0 Å². The molecule has 3 rings (SSSR count). The Labute approximate surface area is 192 Å². The summed E-state index contributed by atoms with van der Waals surface area (Å²) in [6.45, 7) is 21.6. The minimum absolute atomic E-state index is 0.0187. The highest BCUT2D eigenvalue weighted by Gasteiger charge is 2.65. The first-order valence-corrected chi connectivity index (χ1v) is 15.2. The van der Waals surface area contributed by atoms with Crippen molar-refractivity contribution in [2.75, 3.05) is 26.4 Å². The molecule has 1 N–H and O–H groups in total. The van der Waals surface area contributed by atoms with E-state index in [1.807, 2.05) is 0 Å². The molecule has 3 fully saturated rings. The van der Waals surface area contributed by atoms with Gasteiger partial charge in [-0.2, -0.15) is 0 Å². The number of aliphatic hydroxyl groups excluding tert-OH is 1. The number of rotatable bonds is 8. The summed E-state index contributed by atoms with van der Waals surface area (Å²) in [7, 11) is -1.88. The SMILES string of the molecule is CC(C)[Si](OCC[C@@]1(C)[C@@H](CO)CC[C@]2(C)[C@@H]1CCCC21OCCO1)(C(C)C)C(C)C. The van der Waals surface area contributed by atoms with Gasteiger partial charge in [0.2, 0.25) is 0 Å². The van der Waals surface area contributed by atoms with Gasteiger partial charge in [-0.25, -0.2) is 0 Å². The molecule has 2 aliphatic carbocycles. The molecule has 3 aliphatic rings. The molecular weight excluding hydrogens is 404 g/mol. The van der Waals surface area contributed by atoms with Crippen LogP contribution in [0, 0.1) is 22.7 Å². The van der Waals surface area contributed by atoms with Gasteiger partial charge in [0.05, 0.1) is 13.2 Å². The lowest BCUT2D eigenvalue weighted by atomic mass is 9.45. The standard InChI is InChI=1S/C26H50O4Si/c1-19(2)31(20(3)4,21(5)6)30-15-14-24(7)22(18-27)11-13-25(8)23(24)10-9-12-26(25)28-16-17-29-26/h19-23,27H,9-18H2,1-8H3/t22-,23-,24+,25-/m1/s1. The highest BCUT2D eigenvalue weighted by atomic mass is 28.4. The summed E-state index contributed by atoms with van der Waals surface area (Å²) in [6, 6.07) is 0. The van der Waals surface area contributed by atoms with Crippen LogP contribution in [-0.4, -0.2) is 45.6 Å². The molecule has 1 spiro atoms. The van der Waals surface area contributed by atoms with Crippen molar-refractivity contribution >= 4 is 8.32 Å². The number of hydrogen-bond donors (Lipinski definition) is 1. The quantitative estimate of drug-likeness (QED) is 0.424. The lowest BCUT2D eigenvalue weighted by molar-refractivity contribution is -0.300. The minimum atomic E-state index is -1.88. The Balaban J connectivity index is 1.85. The van der Waals surface area contributed by atoms with Gasteiger partial charge in [-0.3, -0.25) is 0 Å². The van der Waals surface area contributed by atoms with Gasteiger partial charge in [-0.05, 0) is 66.0 Å². The van der Waals surface area contributed by atoms with E-state index in [9.17, 15) is 5.11 Å². The second kappa shape index (κ2) is 9.36. The summed E-state index contributed by atoms with van der Waals surface area (Å²) in [4.78, 5) is 0. The van der Waals surface area contributed by atoms with E-state index < -0.39 is 14.1 Å². The molecule has 182 valence electrons. The predicted molar refractivity (Wildman–Crippen MR) is 130 cm³/mol. The van der Waals surface area contributed by atoms with Crippen molar-refractivity contribution in [2.24, 2.45) is 22.7 Å². The van der Waals surface area contributed by atoms with E-state index in [4.69, 9.17) is 13.9 Å². The van der Waals surface area contributed by atoms with Crippen molar-refractivity contribution in [3.8, 4) is 0 Å². The molecule has 0 aromatic heterocycles. The predicted octanol–water partition coefficient (Wildman–Crippen LogP) is 6.53. The van der Waals surface area contributed by atoms with Gasteiger partial charge in [0.1, 0.15) is 0 Å². The maximum atomic E-state index is 10.4. The first kappa shape index (κ1) is 25.7. The molecule has 0 aromatic rings. The van der Waals surface area contributed by atoms with E-state index >= 15 is 0 Å². The maximum absolute atomic E-state index is 10.4. The lowest BCUT2D eigenvalue weighted by Gasteiger charge is -2.63. The molecule has 1 heterocycles. The summed E-state index contributed by atoms with van der Waals surface area (Å²) < 4.78 is 19.7. The molecule has 4 nitrogen and oxygen atoms in total. The average molecular weight is 455 g/mol.